The largest absolute Gasteiger partial charge is 0.355 e. The minimum Gasteiger partial charge on any atom is -0.355 e. The lowest BCUT2D eigenvalue weighted by atomic mass is 9.92. The molecule has 1 heterocycles. The maximum absolute atomic E-state index is 12.2. The molecule has 5 heteroatoms. The molecule has 2 fully saturated rings. The van der Waals surface area contributed by atoms with Crippen LogP contribution < -0.4 is 5.32 Å². The molecule has 1 aliphatic carbocycles. The van der Waals surface area contributed by atoms with Gasteiger partial charge >= 0.3 is 0 Å². The maximum atomic E-state index is 12.2. The Bertz CT molecular complexity index is 372. The van der Waals surface area contributed by atoms with Gasteiger partial charge in [-0.15, -0.1) is 0 Å². The van der Waals surface area contributed by atoms with E-state index < -0.39 is 0 Å². The van der Waals surface area contributed by atoms with E-state index in [1.807, 2.05) is 11.8 Å². The first-order valence-corrected chi connectivity index (χ1v) is 8.89. The van der Waals surface area contributed by atoms with Crippen LogP contribution in [-0.2, 0) is 9.59 Å². The van der Waals surface area contributed by atoms with Crippen LogP contribution in [-0.4, -0.2) is 60.9 Å². The summed E-state index contributed by atoms with van der Waals surface area (Å²) in [6.45, 7) is 9.27. The number of hydrogen-bond donors (Lipinski definition) is 1. The molecule has 0 aromatic heterocycles. The van der Waals surface area contributed by atoms with E-state index in [0.29, 0.717) is 18.9 Å². The van der Waals surface area contributed by atoms with Gasteiger partial charge in [-0.3, -0.25) is 9.59 Å². The lowest BCUT2D eigenvalue weighted by Crippen LogP contribution is -2.49. The quantitative estimate of drug-likeness (QED) is 0.808. The van der Waals surface area contributed by atoms with E-state index in [1.165, 1.54) is 25.7 Å². The number of hydrogen-bond acceptors (Lipinski definition) is 3. The van der Waals surface area contributed by atoms with Gasteiger partial charge in [0.05, 0.1) is 0 Å². The third-order valence-electron chi connectivity index (χ3n) is 5.33. The van der Waals surface area contributed by atoms with Crippen LogP contribution in [0.4, 0.5) is 0 Å². The molecular formula is C17H31N3O2. The van der Waals surface area contributed by atoms with Crippen LogP contribution in [0.25, 0.3) is 0 Å². The van der Waals surface area contributed by atoms with E-state index in [2.05, 4.69) is 17.1 Å². The van der Waals surface area contributed by atoms with Crippen molar-refractivity contribution in [1.82, 2.24) is 15.1 Å². The van der Waals surface area contributed by atoms with Crippen LogP contribution in [0.15, 0.2) is 0 Å². The van der Waals surface area contributed by atoms with Gasteiger partial charge in [0.25, 0.3) is 0 Å². The SMILES string of the molecule is CCN1CCN(C(=O)CCNC(=O)C(C)C2CCCC2)CC1. The van der Waals surface area contributed by atoms with E-state index in [-0.39, 0.29) is 17.7 Å². The smallest absolute Gasteiger partial charge is 0.224 e. The first-order chi connectivity index (χ1) is 10.6. The summed E-state index contributed by atoms with van der Waals surface area (Å²) in [6, 6.07) is 0. The Balaban J connectivity index is 1.63. The summed E-state index contributed by atoms with van der Waals surface area (Å²) in [5.74, 6) is 0.920. The van der Waals surface area contributed by atoms with Gasteiger partial charge in [0.15, 0.2) is 0 Å². The van der Waals surface area contributed by atoms with Crippen LogP contribution in [0.1, 0.15) is 46.0 Å². The van der Waals surface area contributed by atoms with Gasteiger partial charge in [-0.25, -0.2) is 0 Å². The fourth-order valence-electron chi connectivity index (χ4n) is 3.60. The van der Waals surface area contributed by atoms with Crippen LogP contribution in [0, 0.1) is 11.8 Å². The van der Waals surface area contributed by atoms with Gasteiger partial charge in [-0.1, -0.05) is 26.7 Å². The molecule has 2 aliphatic rings. The topological polar surface area (TPSA) is 52.6 Å². The van der Waals surface area contributed by atoms with Crippen LogP contribution in [0.3, 0.4) is 0 Å². The molecule has 0 bridgehead atoms. The average Bonchev–Trinajstić information content (AvgIpc) is 3.08. The second-order valence-corrected chi connectivity index (χ2v) is 6.69. The highest BCUT2D eigenvalue weighted by molar-refractivity contribution is 5.80. The summed E-state index contributed by atoms with van der Waals surface area (Å²) in [6.07, 6.45) is 5.29. The normalized spacial score (nSPS) is 21.8. The Morgan fingerprint density at radius 2 is 1.77 bits per heavy atom. The zero-order valence-corrected chi connectivity index (χ0v) is 14.1. The van der Waals surface area contributed by atoms with E-state index >= 15 is 0 Å². The number of carbonyl (C=O) groups excluding carboxylic acids is 2. The van der Waals surface area contributed by atoms with E-state index in [1.54, 1.807) is 0 Å². The molecule has 2 amide bonds. The highest BCUT2D eigenvalue weighted by Crippen LogP contribution is 2.31. The first kappa shape index (κ1) is 17.3. The van der Waals surface area contributed by atoms with Crippen molar-refractivity contribution >= 4 is 11.8 Å². The van der Waals surface area contributed by atoms with E-state index in [4.69, 9.17) is 0 Å². The summed E-state index contributed by atoms with van der Waals surface area (Å²) in [7, 11) is 0. The van der Waals surface area contributed by atoms with Gasteiger partial charge in [-0.2, -0.15) is 0 Å². The number of carbonyl (C=O) groups is 2. The molecule has 0 radical (unpaired) electrons. The molecule has 22 heavy (non-hydrogen) atoms. The zero-order chi connectivity index (χ0) is 15.9. The van der Waals surface area contributed by atoms with Crippen molar-refractivity contribution in [2.75, 3.05) is 39.3 Å². The molecule has 2 rings (SSSR count). The van der Waals surface area contributed by atoms with Crippen molar-refractivity contribution in [1.29, 1.82) is 0 Å². The summed E-state index contributed by atoms with van der Waals surface area (Å²) in [4.78, 5) is 28.6. The van der Waals surface area contributed by atoms with Gasteiger partial charge in [0, 0.05) is 45.1 Å². The van der Waals surface area contributed by atoms with Crippen LogP contribution in [0.5, 0.6) is 0 Å². The standard InChI is InChI=1S/C17H31N3O2/c1-3-19-10-12-20(13-11-19)16(21)8-9-18-17(22)14(2)15-6-4-5-7-15/h14-15H,3-13H2,1-2H3,(H,18,22). The number of nitrogens with zero attached hydrogens (tertiary/aromatic N) is 2. The van der Waals surface area contributed by atoms with Gasteiger partial charge < -0.3 is 15.1 Å². The van der Waals surface area contributed by atoms with Crippen molar-refractivity contribution in [3.8, 4) is 0 Å². The lowest BCUT2D eigenvalue weighted by Gasteiger charge is -2.34. The van der Waals surface area contributed by atoms with Crippen LogP contribution in [0.2, 0.25) is 0 Å². The minimum atomic E-state index is 0.0886. The maximum Gasteiger partial charge on any atom is 0.224 e. The highest BCUT2D eigenvalue weighted by atomic mass is 16.2. The first-order valence-electron chi connectivity index (χ1n) is 8.89. The Labute approximate surface area is 134 Å². The van der Waals surface area contributed by atoms with E-state index in [0.717, 1.165) is 32.7 Å². The predicted molar refractivity (Wildman–Crippen MR) is 87.4 cm³/mol. The van der Waals surface area contributed by atoms with Crippen LogP contribution >= 0.6 is 0 Å². The van der Waals surface area contributed by atoms with Crippen molar-refractivity contribution in [2.24, 2.45) is 11.8 Å². The lowest BCUT2D eigenvalue weighted by molar-refractivity contribution is -0.133. The number of piperazine rings is 1. The summed E-state index contributed by atoms with van der Waals surface area (Å²) in [5, 5.41) is 2.95. The predicted octanol–water partition coefficient (Wildman–Crippen LogP) is 1.48. The molecule has 1 N–H and O–H groups in total. The molecule has 1 unspecified atom stereocenters. The molecule has 1 aliphatic heterocycles. The molecular weight excluding hydrogens is 278 g/mol. The highest BCUT2D eigenvalue weighted by Gasteiger charge is 2.27. The molecule has 0 aromatic carbocycles. The summed E-state index contributed by atoms with van der Waals surface area (Å²) < 4.78 is 0. The Kier molecular flexibility index (Phi) is 6.68. The third kappa shape index (κ3) is 4.70. The number of likely N-dealkylation sites (N-methyl/N-ethyl adjacent to an activating group) is 1. The number of nitrogens with one attached hydrogen (secondary N) is 1. The Hall–Kier alpha value is -1.10. The monoisotopic (exact) mass is 309 g/mol. The number of amides is 2. The van der Waals surface area contributed by atoms with Crippen molar-refractivity contribution in [2.45, 2.75) is 46.0 Å². The summed E-state index contributed by atoms with van der Waals surface area (Å²) >= 11 is 0. The summed E-state index contributed by atoms with van der Waals surface area (Å²) in [5.41, 5.74) is 0. The van der Waals surface area contributed by atoms with Gasteiger partial charge in [0.2, 0.25) is 11.8 Å². The van der Waals surface area contributed by atoms with Gasteiger partial charge in [0.1, 0.15) is 0 Å². The fraction of sp³-hybridized carbons (Fsp3) is 0.882. The third-order valence-corrected chi connectivity index (χ3v) is 5.33. The molecule has 1 saturated heterocycles. The molecule has 0 aromatic rings. The van der Waals surface area contributed by atoms with Crippen molar-refractivity contribution < 1.29 is 9.59 Å². The Morgan fingerprint density at radius 1 is 1.14 bits per heavy atom. The molecule has 0 spiro atoms. The fourth-order valence-corrected chi connectivity index (χ4v) is 3.60. The molecule has 5 nitrogen and oxygen atoms in total. The van der Waals surface area contributed by atoms with Gasteiger partial charge in [-0.05, 0) is 25.3 Å². The number of rotatable bonds is 6. The Morgan fingerprint density at radius 3 is 2.36 bits per heavy atom. The molecule has 126 valence electrons. The van der Waals surface area contributed by atoms with Crippen molar-refractivity contribution in [3.63, 3.8) is 0 Å². The second-order valence-electron chi connectivity index (χ2n) is 6.69. The minimum absolute atomic E-state index is 0.0886. The zero-order valence-electron chi connectivity index (χ0n) is 14.1. The van der Waals surface area contributed by atoms with E-state index in [9.17, 15) is 9.59 Å². The molecule has 1 atom stereocenters. The van der Waals surface area contributed by atoms with Crippen molar-refractivity contribution in [3.05, 3.63) is 0 Å². The molecule has 1 saturated carbocycles. The second kappa shape index (κ2) is 8.51. The average molecular weight is 309 g/mol.